The second-order valence-electron chi connectivity index (χ2n) is 8.32. The Hall–Kier alpha value is -2.91. The highest BCUT2D eigenvalue weighted by Crippen LogP contribution is 2.41. The number of aromatic amines is 1. The van der Waals surface area contributed by atoms with E-state index in [1.54, 1.807) is 13.8 Å². The lowest BCUT2D eigenvalue weighted by molar-refractivity contribution is -0.139. The maximum atomic E-state index is 13.2. The smallest absolute Gasteiger partial charge is 0.354 e. The molecular formula is C24H28BrN3O5. The van der Waals surface area contributed by atoms with E-state index in [1.165, 1.54) is 12.0 Å². The Morgan fingerprint density at radius 2 is 1.97 bits per heavy atom. The first kappa shape index (κ1) is 24.7. The van der Waals surface area contributed by atoms with Crippen LogP contribution in [0.25, 0.3) is 5.76 Å². The average molecular weight is 518 g/mol. The van der Waals surface area contributed by atoms with Crippen LogP contribution in [-0.4, -0.2) is 71.8 Å². The van der Waals surface area contributed by atoms with Crippen molar-refractivity contribution in [2.24, 2.45) is 0 Å². The number of carbonyl (C=O) groups is 3. The van der Waals surface area contributed by atoms with Gasteiger partial charge in [0.2, 0.25) is 0 Å². The van der Waals surface area contributed by atoms with Gasteiger partial charge in [0.25, 0.3) is 11.7 Å². The van der Waals surface area contributed by atoms with Gasteiger partial charge in [-0.1, -0.05) is 28.1 Å². The summed E-state index contributed by atoms with van der Waals surface area (Å²) < 4.78 is 5.60. The van der Waals surface area contributed by atoms with E-state index in [2.05, 4.69) is 20.9 Å². The molecule has 1 aliphatic heterocycles. The van der Waals surface area contributed by atoms with E-state index in [1.807, 2.05) is 43.3 Å². The first-order chi connectivity index (χ1) is 15.6. The molecule has 1 aromatic heterocycles. The minimum atomic E-state index is -0.750. The van der Waals surface area contributed by atoms with Crippen molar-refractivity contribution < 1.29 is 24.2 Å². The number of ether oxygens (including phenoxy) is 1. The highest BCUT2D eigenvalue weighted by atomic mass is 79.9. The van der Waals surface area contributed by atoms with E-state index in [0.29, 0.717) is 35.3 Å². The number of Topliss-reactive ketones (excluding diaryl/α,β-unsaturated/α-hetero) is 1. The number of rotatable bonds is 7. The quantitative estimate of drug-likeness (QED) is 0.252. The molecule has 1 atom stereocenters. The van der Waals surface area contributed by atoms with Crippen LogP contribution in [0.1, 0.15) is 45.3 Å². The number of aromatic nitrogens is 1. The molecule has 3 rings (SSSR count). The third-order valence-electron chi connectivity index (χ3n) is 5.77. The monoisotopic (exact) mass is 517 g/mol. The molecule has 2 heterocycles. The van der Waals surface area contributed by atoms with Crippen LogP contribution in [0.3, 0.4) is 0 Å². The Morgan fingerprint density at radius 1 is 1.27 bits per heavy atom. The Kier molecular flexibility index (Phi) is 7.44. The number of ketones is 1. The molecule has 8 nitrogen and oxygen atoms in total. The van der Waals surface area contributed by atoms with Crippen LogP contribution in [0.4, 0.5) is 0 Å². The molecule has 1 aliphatic rings. The molecule has 0 spiro atoms. The summed E-state index contributed by atoms with van der Waals surface area (Å²) >= 11 is 3.45. The maximum absolute atomic E-state index is 13.2. The SMILES string of the molecule is COC(=O)c1[nH]c(C)c(/C(O)=C2\C(=O)C(=O)N(CCCN(C)C)[C@H]2c2cccc(Br)c2)c1C. The Labute approximate surface area is 201 Å². The second kappa shape index (κ2) is 9.93. The van der Waals surface area contributed by atoms with Gasteiger partial charge in [0.1, 0.15) is 11.5 Å². The summed E-state index contributed by atoms with van der Waals surface area (Å²) in [5.41, 5.74) is 2.16. The summed E-state index contributed by atoms with van der Waals surface area (Å²) in [5.74, 6) is -2.29. The summed E-state index contributed by atoms with van der Waals surface area (Å²) in [4.78, 5) is 44.8. The predicted molar refractivity (Wildman–Crippen MR) is 128 cm³/mol. The molecule has 1 amide bonds. The Morgan fingerprint density at radius 3 is 2.58 bits per heavy atom. The minimum absolute atomic E-state index is 0.00423. The van der Waals surface area contributed by atoms with Crippen LogP contribution in [0.2, 0.25) is 0 Å². The minimum Gasteiger partial charge on any atom is -0.507 e. The van der Waals surface area contributed by atoms with Crippen molar-refractivity contribution in [2.75, 3.05) is 34.3 Å². The highest BCUT2D eigenvalue weighted by molar-refractivity contribution is 9.10. The van der Waals surface area contributed by atoms with E-state index in [9.17, 15) is 19.5 Å². The number of aliphatic hydroxyl groups is 1. The van der Waals surface area contributed by atoms with Crippen molar-refractivity contribution >= 4 is 39.3 Å². The van der Waals surface area contributed by atoms with Crippen molar-refractivity contribution in [3.8, 4) is 0 Å². The Balaban J connectivity index is 2.18. The van der Waals surface area contributed by atoms with Gasteiger partial charge in [-0.05, 0) is 64.2 Å². The normalized spacial score (nSPS) is 17.8. The lowest BCUT2D eigenvalue weighted by atomic mass is 9.94. The molecule has 9 heteroatoms. The van der Waals surface area contributed by atoms with Gasteiger partial charge in [-0.2, -0.15) is 0 Å². The molecule has 2 aromatic rings. The summed E-state index contributed by atoms with van der Waals surface area (Å²) in [6, 6.07) is 6.58. The van der Waals surface area contributed by atoms with Gasteiger partial charge in [0, 0.05) is 22.3 Å². The van der Waals surface area contributed by atoms with Gasteiger partial charge in [-0.25, -0.2) is 4.79 Å². The number of hydrogen-bond donors (Lipinski definition) is 2. The van der Waals surface area contributed by atoms with Crippen molar-refractivity contribution in [3.05, 3.63) is 62.4 Å². The fourth-order valence-corrected chi connectivity index (χ4v) is 4.65. The van der Waals surface area contributed by atoms with Crippen LogP contribution < -0.4 is 0 Å². The molecule has 0 bridgehead atoms. The van der Waals surface area contributed by atoms with E-state index < -0.39 is 23.7 Å². The zero-order chi connectivity index (χ0) is 24.4. The Bertz CT molecular complexity index is 1140. The highest BCUT2D eigenvalue weighted by Gasteiger charge is 2.46. The first-order valence-electron chi connectivity index (χ1n) is 10.5. The first-order valence-corrected chi connectivity index (χ1v) is 11.3. The molecule has 2 N–H and O–H groups in total. The van der Waals surface area contributed by atoms with E-state index >= 15 is 0 Å². The number of benzene rings is 1. The molecule has 0 unspecified atom stereocenters. The van der Waals surface area contributed by atoms with Crippen molar-refractivity contribution in [1.82, 2.24) is 14.8 Å². The van der Waals surface area contributed by atoms with Gasteiger partial charge < -0.3 is 24.6 Å². The zero-order valence-electron chi connectivity index (χ0n) is 19.4. The lowest BCUT2D eigenvalue weighted by Crippen LogP contribution is -2.32. The molecule has 1 fully saturated rings. The van der Waals surface area contributed by atoms with E-state index in [-0.39, 0.29) is 17.0 Å². The van der Waals surface area contributed by atoms with Gasteiger partial charge in [-0.15, -0.1) is 0 Å². The molecule has 33 heavy (non-hydrogen) atoms. The molecule has 1 saturated heterocycles. The average Bonchev–Trinajstić information content (AvgIpc) is 3.20. The third kappa shape index (κ3) is 4.74. The number of esters is 1. The van der Waals surface area contributed by atoms with Crippen molar-refractivity contribution in [3.63, 3.8) is 0 Å². The summed E-state index contributed by atoms with van der Waals surface area (Å²) in [6.45, 7) is 4.45. The summed E-state index contributed by atoms with van der Waals surface area (Å²) in [6.07, 6.45) is 0.666. The molecule has 176 valence electrons. The van der Waals surface area contributed by atoms with Crippen LogP contribution in [0.15, 0.2) is 34.3 Å². The van der Waals surface area contributed by atoms with Crippen LogP contribution in [-0.2, 0) is 14.3 Å². The standard InChI is InChI=1S/C24H28BrN3O5/c1-13-17(14(2)26-19(13)24(32)33-5)21(29)18-20(15-8-6-9-16(25)12-15)28(23(31)22(18)30)11-7-10-27(3)4/h6,8-9,12,20,26,29H,7,10-11H2,1-5H3/b21-18+/t20-/m0/s1. The van der Waals surface area contributed by atoms with Crippen molar-refractivity contribution in [2.45, 2.75) is 26.3 Å². The molecule has 0 saturated carbocycles. The van der Waals surface area contributed by atoms with Crippen molar-refractivity contribution in [1.29, 1.82) is 0 Å². The third-order valence-corrected chi connectivity index (χ3v) is 6.27. The summed E-state index contributed by atoms with van der Waals surface area (Å²) in [7, 11) is 5.15. The van der Waals surface area contributed by atoms with Crippen LogP contribution in [0.5, 0.6) is 0 Å². The number of methoxy groups -OCH3 is 1. The van der Waals surface area contributed by atoms with E-state index in [0.717, 1.165) is 11.0 Å². The fourth-order valence-electron chi connectivity index (χ4n) is 4.24. The number of aliphatic hydroxyl groups excluding tert-OH is 1. The number of carbonyl (C=O) groups excluding carboxylic acids is 3. The topological polar surface area (TPSA) is 103 Å². The number of aryl methyl sites for hydroxylation is 1. The number of nitrogens with zero attached hydrogens (tertiary/aromatic N) is 2. The lowest BCUT2D eigenvalue weighted by Gasteiger charge is -2.26. The number of amides is 1. The zero-order valence-corrected chi connectivity index (χ0v) is 20.9. The molecule has 0 aliphatic carbocycles. The predicted octanol–water partition coefficient (Wildman–Crippen LogP) is 3.55. The number of halogens is 1. The van der Waals surface area contributed by atoms with Gasteiger partial charge in [-0.3, -0.25) is 9.59 Å². The second-order valence-corrected chi connectivity index (χ2v) is 9.24. The molecular weight excluding hydrogens is 490 g/mol. The van der Waals surface area contributed by atoms with Crippen LogP contribution in [0, 0.1) is 13.8 Å². The van der Waals surface area contributed by atoms with E-state index in [4.69, 9.17) is 4.74 Å². The largest absolute Gasteiger partial charge is 0.507 e. The van der Waals surface area contributed by atoms with Gasteiger partial charge >= 0.3 is 5.97 Å². The molecule has 0 radical (unpaired) electrons. The number of likely N-dealkylation sites (tertiary alicyclic amines) is 1. The van der Waals surface area contributed by atoms with Crippen LogP contribution >= 0.6 is 15.9 Å². The number of nitrogens with one attached hydrogen (secondary N) is 1. The van der Waals surface area contributed by atoms with Gasteiger partial charge in [0.05, 0.1) is 18.7 Å². The maximum Gasteiger partial charge on any atom is 0.354 e. The summed E-state index contributed by atoms with van der Waals surface area (Å²) in [5, 5.41) is 11.4. The molecule has 1 aromatic carbocycles. The van der Waals surface area contributed by atoms with Gasteiger partial charge in [0.15, 0.2) is 0 Å². The fraction of sp³-hybridized carbons (Fsp3) is 0.375. The number of hydrogen-bond acceptors (Lipinski definition) is 6. The number of H-pyrrole nitrogens is 1.